The van der Waals surface area contributed by atoms with Gasteiger partial charge in [-0.25, -0.2) is 9.97 Å². The molecule has 0 saturated carbocycles. The molecular formula is C20H24N4O3. The molecule has 0 fully saturated rings. The molecule has 0 bridgehead atoms. The lowest BCUT2D eigenvalue weighted by Crippen LogP contribution is -2.40. The van der Waals surface area contributed by atoms with Gasteiger partial charge in [-0.3, -0.25) is 4.79 Å². The highest BCUT2D eigenvalue weighted by molar-refractivity contribution is 5.96. The number of aromatic nitrogens is 3. The molecule has 1 amide bonds. The molecular weight excluding hydrogens is 344 g/mol. The number of carbonyl (C=O) groups is 1. The summed E-state index contributed by atoms with van der Waals surface area (Å²) in [6.07, 6.45) is 3.29. The summed E-state index contributed by atoms with van der Waals surface area (Å²) in [6.45, 7) is 2.88. The van der Waals surface area contributed by atoms with E-state index >= 15 is 0 Å². The maximum absolute atomic E-state index is 13.2. The fourth-order valence-corrected chi connectivity index (χ4v) is 2.99. The molecule has 7 heteroatoms. The van der Waals surface area contributed by atoms with E-state index in [9.17, 15) is 4.79 Å². The average molecular weight is 368 g/mol. The van der Waals surface area contributed by atoms with Gasteiger partial charge in [0.1, 0.15) is 11.3 Å². The zero-order valence-electron chi connectivity index (χ0n) is 16.0. The predicted molar refractivity (Wildman–Crippen MR) is 103 cm³/mol. The van der Waals surface area contributed by atoms with Crippen LogP contribution in [-0.2, 0) is 18.3 Å². The quantitative estimate of drug-likeness (QED) is 0.641. The van der Waals surface area contributed by atoms with Crippen molar-refractivity contribution < 1.29 is 14.3 Å². The first-order valence-corrected chi connectivity index (χ1v) is 8.73. The van der Waals surface area contributed by atoms with E-state index in [1.807, 2.05) is 42.8 Å². The van der Waals surface area contributed by atoms with Crippen LogP contribution in [0.3, 0.4) is 0 Å². The van der Waals surface area contributed by atoms with Gasteiger partial charge < -0.3 is 18.9 Å². The summed E-state index contributed by atoms with van der Waals surface area (Å²) >= 11 is 0. The van der Waals surface area contributed by atoms with Crippen LogP contribution in [0.2, 0.25) is 0 Å². The number of ether oxygens (including phenoxy) is 2. The summed E-state index contributed by atoms with van der Waals surface area (Å²) in [5.41, 5.74) is 2.97. The highest BCUT2D eigenvalue weighted by atomic mass is 16.5. The van der Waals surface area contributed by atoms with E-state index in [1.54, 1.807) is 37.7 Å². The van der Waals surface area contributed by atoms with Crippen LogP contribution in [0.25, 0.3) is 11.2 Å². The van der Waals surface area contributed by atoms with Crippen molar-refractivity contribution in [3.05, 3.63) is 54.0 Å². The van der Waals surface area contributed by atoms with Crippen LogP contribution >= 0.6 is 0 Å². The molecule has 27 heavy (non-hydrogen) atoms. The highest BCUT2D eigenvalue weighted by Gasteiger charge is 2.23. The van der Waals surface area contributed by atoms with E-state index in [0.717, 1.165) is 17.0 Å². The second kappa shape index (κ2) is 8.18. The van der Waals surface area contributed by atoms with Crippen LogP contribution in [0.5, 0.6) is 5.75 Å². The lowest BCUT2D eigenvalue weighted by atomic mass is 10.1. The Kier molecular flexibility index (Phi) is 5.71. The number of pyridine rings is 1. The van der Waals surface area contributed by atoms with Gasteiger partial charge in [0.05, 0.1) is 31.6 Å². The number of rotatable bonds is 7. The van der Waals surface area contributed by atoms with Crippen molar-refractivity contribution in [1.82, 2.24) is 19.4 Å². The standard InChI is InChI=1S/C20H24N4O3/c1-14(12-26-3)24(11-15-5-7-17(27-4)8-6-15)20(25)16-9-18-19(21-10-16)23(2)13-22-18/h5-10,13-14H,11-12H2,1-4H3. The zero-order chi connectivity index (χ0) is 19.4. The fourth-order valence-electron chi connectivity index (χ4n) is 2.99. The van der Waals surface area contributed by atoms with Gasteiger partial charge in [0.15, 0.2) is 5.65 Å². The molecule has 3 aromatic rings. The van der Waals surface area contributed by atoms with Gasteiger partial charge in [0.2, 0.25) is 0 Å². The number of carbonyl (C=O) groups excluding carboxylic acids is 1. The summed E-state index contributed by atoms with van der Waals surface area (Å²) in [6, 6.07) is 9.38. The van der Waals surface area contributed by atoms with Crippen molar-refractivity contribution in [2.24, 2.45) is 7.05 Å². The minimum atomic E-state index is -0.101. The van der Waals surface area contributed by atoms with Crippen molar-refractivity contribution in [3.8, 4) is 5.75 Å². The van der Waals surface area contributed by atoms with Gasteiger partial charge in [-0.05, 0) is 30.7 Å². The topological polar surface area (TPSA) is 69.5 Å². The van der Waals surface area contributed by atoms with Gasteiger partial charge in [-0.1, -0.05) is 12.1 Å². The minimum Gasteiger partial charge on any atom is -0.497 e. The number of methoxy groups -OCH3 is 2. The van der Waals surface area contributed by atoms with Gasteiger partial charge in [-0.2, -0.15) is 0 Å². The van der Waals surface area contributed by atoms with Crippen molar-refractivity contribution in [1.29, 1.82) is 0 Å². The molecule has 3 rings (SSSR count). The Bertz CT molecular complexity index is 921. The molecule has 0 spiro atoms. The summed E-state index contributed by atoms with van der Waals surface area (Å²) in [7, 11) is 5.14. The molecule has 0 aliphatic rings. The third-order valence-corrected chi connectivity index (χ3v) is 4.51. The zero-order valence-corrected chi connectivity index (χ0v) is 16.0. The third kappa shape index (κ3) is 4.09. The third-order valence-electron chi connectivity index (χ3n) is 4.51. The summed E-state index contributed by atoms with van der Waals surface area (Å²) < 4.78 is 12.3. The van der Waals surface area contributed by atoms with Gasteiger partial charge in [0.25, 0.3) is 5.91 Å². The average Bonchev–Trinajstić information content (AvgIpc) is 3.06. The van der Waals surface area contributed by atoms with Crippen LogP contribution < -0.4 is 4.74 Å². The maximum Gasteiger partial charge on any atom is 0.256 e. The number of hydrogen-bond acceptors (Lipinski definition) is 5. The van der Waals surface area contributed by atoms with Gasteiger partial charge in [-0.15, -0.1) is 0 Å². The lowest BCUT2D eigenvalue weighted by Gasteiger charge is -2.29. The van der Waals surface area contributed by atoms with Crippen LogP contribution in [0, 0.1) is 0 Å². The maximum atomic E-state index is 13.2. The predicted octanol–water partition coefficient (Wildman–Crippen LogP) is 2.65. The molecule has 2 aromatic heterocycles. The Morgan fingerprint density at radius 2 is 1.96 bits per heavy atom. The number of benzene rings is 1. The monoisotopic (exact) mass is 368 g/mol. The molecule has 1 atom stereocenters. The molecule has 0 aliphatic heterocycles. The number of nitrogens with zero attached hydrogens (tertiary/aromatic N) is 4. The van der Waals surface area contributed by atoms with Crippen molar-refractivity contribution in [2.45, 2.75) is 19.5 Å². The first-order chi connectivity index (χ1) is 13.0. The normalized spacial score (nSPS) is 12.1. The Morgan fingerprint density at radius 1 is 1.22 bits per heavy atom. The molecule has 7 nitrogen and oxygen atoms in total. The van der Waals surface area contributed by atoms with E-state index in [-0.39, 0.29) is 11.9 Å². The Balaban J connectivity index is 1.88. The fraction of sp³-hybridized carbons (Fsp3) is 0.350. The van der Waals surface area contributed by atoms with Crippen LogP contribution in [0.1, 0.15) is 22.8 Å². The first-order valence-electron chi connectivity index (χ1n) is 8.73. The van der Waals surface area contributed by atoms with E-state index in [2.05, 4.69) is 9.97 Å². The van der Waals surface area contributed by atoms with E-state index in [0.29, 0.717) is 24.2 Å². The second-order valence-electron chi connectivity index (χ2n) is 6.51. The largest absolute Gasteiger partial charge is 0.497 e. The number of aryl methyl sites for hydroxylation is 1. The Morgan fingerprint density at radius 3 is 2.63 bits per heavy atom. The van der Waals surface area contributed by atoms with Crippen molar-refractivity contribution in [2.75, 3.05) is 20.8 Å². The molecule has 142 valence electrons. The molecule has 0 aliphatic carbocycles. The molecule has 1 unspecified atom stereocenters. The molecule has 1 aromatic carbocycles. The summed E-state index contributed by atoms with van der Waals surface area (Å²) in [4.78, 5) is 23.7. The molecule has 0 N–H and O–H groups in total. The first kappa shape index (κ1) is 18.8. The van der Waals surface area contributed by atoms with E-state index in [1.165, 1.54) is 0 Å². The summed E-state index contributed by atoms with van der Waals surface area (Å²) in [5, 5.41) is 0. The Labute approximate surface area is 158 Å². The van der Waals surface area contributed by atoms with Crippen molar-refractivity contribution >= 4 is 17.1 Å². The molecule has 0 radical (unpaired) electrons. The summed E-state index contributed by atoms with van der Waals surface area (Å²) in [5.74, 6) is 0.682. The lowest BCUT2D eigenvalue weighted by molar-refractivity contribution is 0.0542. The minimum absolute atomic E-state index is 0.0935. The van der Waals surface area contributed by atoms with Crippen molar-refractivity contribution in [3.63, 3.8) is 0 Å². The number of amides is 1. The SMILES string of the molecule is COCC(C)N(Cc1ccc(OC)cc1)C(=O)c1cnc2c(c1)ncn2C. The molecule has 2 heterocycles. The van der Waals surface area contributed by atoms with E-state index < -0.39 is 0 Å². The van der Waals surface area contributed by atoms with Crippen LogP contribution in [0.15, 0.2) is 42.9 Å². The van der Waals surface area contributed by atoms with E-state index in [4.69, 9.17) is 9.47 Å². The second-order valence-corrected chi connectivity index (χ2v) is 6.51. The number of imidazole rings is 1. The number of fused-ring (bicyclic) bond motifs is 1. The van der Waals surface area contributed by atoms with Crippen LogP contribution in [-0.4, -0.2) is 52.2 Å². The smallest absolute Gasteiger partial charge is 0.256 e. The van der Waals surface area contributed by atoms with Gasteiger partial charge >= 0.3 is 0 Å². The van der Waals surface area contributed by atoms with Gasteiger partial charge in [0, 0.05) is 26.9 Å². The number of hydrogen-bond donors (Lipinski definition) is 0. The highest BCUT2D eigenvalue weighted by Crippen LogP contribution is 2.18. The Hall–Kier alpha value is -2.93. The molecule has 0 saturated heterocycles. The van der Waals surface area contributed by atoms with Crippen LogP contribution in [0.4, 0.5) is 0 Å².